The van der Waals surface area contributed by atoms with Gasteiger partial charge in [0.1, 0.15) is 5.82 Å². The molecule has 1 amide bonds. The number of rotatable bonds is 4. The Morgan fingerprint density at radius 3 is 2.53 bits per heavy atom. The van der Waals surface area contributed by atoms with Crippen molar-refractivity contribution < 1.29 is 4.79 Å². The number of benzene rings is 2. The van der Waals surface area contributed by atoms with Crippen molar-refractivity contribution in [1.82, 2.24) is 24.5 Å². The molecule has 5 rings (SSSR count). The highest BCUT2D eigenvalue weighted by Crippen LogP contribution is 2.27. The summed E-state index contributed by atoms with van der Waals surface area (Å²) >= 11 is 0. The van der Waals surface area contributed by atoms with E-state index in [0.29, 0.717) is 13.0 Å². The molecule has 4 aromatic rings. The van der Waals surface area contributed by atoms with E-state index in [9.17, 15) is 4.79 Å². The minimum Gasteiger partial charge on any atom is -0.338 e. The molecule has 0 spiro atoms. The number of fused-ring (bicyclic) bond motifs is 3. The molecule has 1 aliphatic rings. The van der Waals surface area contributed by atoms with Crippen molar-refractivity contribution in [3.63, 3.8) is 0 Å². The molecule has 2 aromatic heterocycles. The molecule has 0 bridgehead atoms. The Bertz CT molecular complexity index is 1270. The van der Waals surface area contributed by atoms with E-state index in [2.05, 4.69) is 38.6 Å². The van der Waals surface area contributed by atoms with Gasteiger partial charge in [-0.05, 0) is 24.6 Å². The lowest BCUT2D eigenvalue weighted by Crippen LogP contribution is -2.55. The second kappa shape index (κ2) is 8.22. The summed E-state index contributed by atoms with van der Waals surface area (Å²) in [5.74, 6) is 1.93. The zero-order valence-electron chi connectivity index (χ0n) is 18.8. The predicted octanol–water partition coefficient (Wildman–Crippen LogP) is 3.56. The van der Waals surface area contributed by atoms with Crippen molar-refractivity contribution in [2.24, 2.45) is 5.92 Å². The second-order valence-electron chi connectivity index (χ2n) is 8.85. The van der Waals surface area contributed by atoms with Crippen LogP contribution in [-0.4, -0.2) is 56.1 Å². The quantitative estimate of drug-likeness (QED) is 0.497. The minimum absolute atomic E-state index is 0.00447. The Hall–Kier alpha value is -3.48. The molecule has 3 heterocycles. The second-order valence-corrected chi connectivity index (χ2v) is 8.85. The third-order valence-corrected chi connectivity index (χ3v) is 6.19. The Morgan fingerprint density at radius 2 is 1.78 bits per heavy atom. The maximum absolute atomic E-state index is 12.6. The first-order valence-corrected chi connectivity index (χ1v) is 11.2. The molecule has 0 saturated carbocycles. The van der Waals surface area contributed by atoms with Crippen molar-refractivity contribution >= 4 is 28.4 Å². The smallest absolute Gasteiger partial charge is 0.225 e. The van der Waals surface area contributed by atoms with Gasteiger partial charge in [0, 0.05) is 43.4 Å². The zero-order chi connectivity index (χ0) is 22.2. The topological polar surface area (TPSA) is 66.6 Å². The first-order chi connectivity index (χ1) is 15.5. The molecule has 32 heavy (non-hydrogen) atoms. The van der Waals surface area contributed by atoms with Gasteiger partial charge in [-0.1, -0.05) is 56.3 Å². The molecule has 2 aromatic carbocycles. The summed E-state index contributed by atoms with van der Waals surface area (Å²) in [6.07, 6.45) is 0.677. The largest absolute Gasteiger partial charge is 0.338 e. The van der Waals surface area contributed by atoms with Crippen molar-refractivity contribution in [3.05, 3.63) is 66.0 Å². The standard InChI is InChI=1S/C25H28N6O/c1-17(2)24(32)30-14-13-29(16-18(30)3)25-26-21-12-8-7-11-20(21)23-28-27-22(31(23)25)15-19-9-5-4-6-10-19/h4-12,17-18H,13-16H2,1-3H3/t18-/m0/s1. The van der Waals surface area contributed by atoms with Crippen LogP contribution in [0.1, 0.15) is 32.2 Å². The number of carbonyl (C=O) groups excluding carboxylic acids is 1. The summed E-state index contributed by atoms with van der Waals surface area (Å²) in [6, 6.07) is 18.5. The van der Waals surface area contributed by atoms with Gasteiger partial charge >= 0.3 is 0 Å². The van der Waals surface area contributed by atoms with Gasteiger partial charge in [0.15, 0.2) is 5.65 Å². The number of nitrogens with zero attached hydrogens (tertiary/aromatic N) is 6. The monoisotopic (exact) mass is 428 g/mol. The third kappa shape index (κ3) is 3.57. The van der Waals surface area contributed by atoms with Gasteiger partial charge < -0.3 is 9.80 Å². The highest BCUT2D eigenvalue weighted by atomic mass is 16.2. The molecule has 1 fully saturated rings. The maximum Gasteiger partial charge on any atom is 0.225 e. The average molecular weight is 429 g/mol. The predicted molar refractivity (Wildman–Crippen MR) is 126 cm³/mol. The Morgan fingerprint density at radius 1 is 1.03 bits per heavy atom. The molecule has 0 unspecified atom stereocenters. The van der Waals surface area contributed by atoms with Gasteiger partial charge in [-0.2, -0.15) is 0 Å². The molecular weight excluding hydrogens is 400 g/mol. The molecule has 164 valence electrons. The van der Waals surface area contributed by atoms with Crippen molar-refractivity contribution in [3.8, 4) is 0 Å². The highest BCUT2D eigenvalue weighted by molar-refractivity contribution is 5.92. The molecule has 7 nitrogen and oxygen atoms in total. The van der Waals surface area contributed by atoms with Crippen molar-refractivity contribution in [1.29, 1.82) is 0 Å². The van der Waals surface area contributed by atoms with Gasteiger partial charge in [0.2, 0.25) is 11.9 Å². The molecule has 0 radical (unpaired) electrons. The molecule has 0 N–H and O–H groups in total. The van der Waals surface area contributed by atoms with Gasteiger partial charge in [-0.15, -0.1) is 10.2 Å². The van der Waals surface area contributed by atoms with Crippen molar-refractivity contribution in [2.45, 2.75) is 33.2 Å². The molecule has 1 saturated heterocycles. The number of para-hydroxylation sites is 1. The highest BCUT2D eigenvalue weighted by Gasteiger charge is 2.31. The van der Waals surface area contributed by atoms with Crippen LogP contribution in [0.3, 0.4) is 0 Å². The minimum atomic E-state index is 0.00447. The molecule has 1 aliphatic heterocycles. The number of carbonyl (C=O) groups is 1. The van der Waals surface area contributed by atoms with Crippen LogP contribution in [0, 0.1) is 5.92 Å². The summed E-state index contributed by atoms with van der Waals surface area (Å²) in [6.45, 7) is 8.17. The summed E-state index contributed by atoms with van der Waals surface area (Å²) < 4.78 is 2.10. The maximum atomic E-state index is 12.6. The number of amides is 1. The lowest BCUT2D eigenvalue weighted by molar-refractivity contribution is -0.136. The fourth-order valence-electron chi connectivity index (χ4n) is 4.52. The average Bonchev–Trinajstić information content (AvgIpc) is 3.22. The first kappa shape index (κ1) is 20.4. The van der Waals surface area contributed by atoms with Crippen LogP contribution in [-0.2, 0) is 11.2 Å². The SMILES string of the molecule is CC(C)C(=O)N1CCN(c2nc3ccccc3c3nnc(Cc4ccccc4)n23)C[C@@H]1C. The fourth-order valence-corrected chi connectivity index (χ4v) is 4.52. The summed E-state index contributed by atoms with van der Waals surface area (Å²) in [4.78, 5) is 21.9. The normalized spacial score (nSPS) is 16.9. The van der Waals surface area contributed by atoms with Crippen LogP contribution < -0.4 is 4.90 Å². The number of hydrogen-bond donors (Lipinski definition) is 0. The first-order valence-electron chi connectivity index (χ1n) is 11.2. The van der Waals surface area contributed by atoms with Crippen LogP contribution in [0.25, 0.3) is 16.6 Å². The number of anilines is 1. The molecule has 1 atom stereocenters. The summed E-state index contributed by atoms with van der Waals surface area (Å²) in [5.41, 5.74) is 2.91. The number of aromatic nitrogens is 4. The van der Waals surface area contributed by atoms with Crippen LogP contribution >= 0.6 is 0 Å². The van der Waals surface area contributed by atoms with Gasteiger partial charge in [0.05, 0.1) is 5.52 Å². The van der Waals surface area contributed by atoms with Crippen molar-refractivity contribution in [2.75, 3.05) is 24.5 Å². The van der Waals surface area contributed by atoms with Crippen LogP contribution in [0.15, 0.2) is 54.6 Å². The van der Waals surface area contributed by atoms with E-state index in [1.54, 1.807) is 0 Å². The van der Waals surface area contributed by atoms with Crippen LogP contribution in [0.2, 0.25) is 0 Å². The number of hydrogen-bond acceptors (Lipinski definition) is 5. The summed E-state index contributed by atoms with van der Waals surface area (Å²) in [7, 11) is 0. The molecule has 7 heteroatoms. The number of piperazine rings is 1. The Balaban J connectivity index is 1.58. The van der Waals surface area contributed by atoms with E-state index in [-0.39, 0.29) is 17.9 Å². The van der Waals surface area contributed by atoms with E-state index in [1.807, 2.05) is 61.2 Å². The Labute approximate surface area is 187 Å². The lowest BCUT2D eigenvalue weighted by Gasteiger charge is -2.41. The van der Waals surface area contributed by atoms with E-state index in [4.69, 9.17) is 4.98 Å². The molecular formula is C25H28N6O. The molecule has 0 aliphatic carbocycles. The van der Waals surface area contributed by atoms with Gasteiger partial charge in [-0.3, -0.25) is 4.79 Å². The fraction of sp³-hybridized carbons (Fsp3) is 0.360. The Kier molecular flexibility index (Phi) is 5.25. The zero-order valence-corrected chi connectivity index (χ0v) is 18.8. The van der Waals surface area contributed by atoms with E-state index >= 15 is 0 Å². The lowest BCUT2D eigenvalue weighted by atomic mass is 10.1. The van der Waals surface area contributed by atoms with E-state index in [0.717, 1.165) is 41.4 Å². The van der Waals surface area contributed by atoms with Gasteiger partial charge in [-0.25, -0.2) is 9.38 Å². The van der Waals surface area contributed by atoms with Gasteiger partial charge in [0.25, 0.3) is 0 Å². The summed E-state index contributed by atoms with van der Waals surface area (Å²) in [5, 5.41) is 10.1. The van der Waals surface area contributed by atoms with E-state index < -0.39 is 0 Å². The third-order valence-electron chi connectivity index (χ3n) is 6.19. The van der Waals surface area contributed by atoms with E-state index in [1.165, 1.54) is 5.56 Å². The van der Waals surface area contributed by atoms with Crippen LogP contribution in [0.5, 0.6) is 0 Å². The van der Waals surface area contributed by atoms with Crippen LogP contribution in [0.4, 0.5) is 5.95 Å².